The number of amides is 2. The van der Waals surface area contributed by atoms with Crippen LogP contribution in [0.1, 0.15) is 29.5 Å². The van der Waals surface area contributed by atoms with Gasteiger partial charge >= 0.3 is 0 Å². The van der Waals surface area contributed by atoms with Crippen molar-refractivity contribution in [1.82, 2.24) is 5.43 Å². The molecule has 1 aliphatic rings. The molecule has 27 heavy (non-hydrogen) atoms. The second kappa shape index (κ2) is 8.35. The lowest BCUT2D eigenvalue weighted by Crippen LogP contribution is -2.20. The Kier molecular flexibility index (Phi) is 5.71. The normalized spacial score (nSPS) is 12.2. The van der Waals surface area contributed by atoms with Crippen LogP contribution in [0.3, 0.4) is 0 Å². The number of ether oxygens (including phenoxy) is 2. The summed E-state index contributed by atoms with van der Waals surface area (Å²) in [5, 5.41) is 6.72. The molecule has 7 heteroatoms. The van der Waals surface area contributed by atoms with Gasteiger partial charge in [0.2, 0.25) is 18.6 Å². The molecular formula is C20H21N3O4. The largest absolute Gasteiger partial charge is 0.454 e. The number of aryl methyl sites for hydroxylation is 2. The number of rotatable bonds is 6. The van der Waals surface area contributed by atoms with E-state index in [1.54, 1.807) is 18.2 Å². The van der Waals surface area contributed by atoms with Crippen molar-refractivity contribution in [3.05, 3.63) is 53.1 Å². The molecule has 2 aromatic rings. The molecule has 0 saturated heterocycles. The number of hydrogen-bond donors (Lipinski definition) is 2. The van der Waals surface area contributed by atoms with E-state index in [-0.39, 0.29) is 31.4 Å². The van der Waals surface area contributed by atoms with Gasteiger partial charge in [0.15, 0.2) is 11.5 Å². The van der Waals surface area contributed by atoms with E-state index < -0.39 is 0 Å². The molecule has 2 amide bonds. The van der Waals surface area contributed by atoms with Gasteiger partial charge in [0.1, 0.15) is 0 Å². The van der Waals surface area contributed by atoms with Crippen LogP contribution in [0.4, 0.5) is 5.69 Å². The number of benzene rings is 2. The number of hydrogen-bond acceptors (Lipinski definition) is 5. The molecule has 0 aliphatic carbocycles. The first-order valence-corrected chi connectivity index (χ1v) is 8.60. The summed E-state index contributed by atoms with van der Waals surface area (Å²) in [5.41, 5.74) is 6.06. The third kappa shape index (κ3) is 5.07. The Morgan fingerprint density at radius 3 is 2.63 bits per heavy atom. The first kappa shape index (κ1) is 18.4. The molecule has 1 heterocycles. The highest BCUT2D eigenvalue weighted by Gasteiger charge is 2.12. The standard InChI is InChI=1S/C20H21N3O4/c1-13-3-5-16(14(2)9-13)22-19(24)7-8-20(25)23-21-11-15-4-6-17-18(10-15)27-12-26-17/h3-6,9-11H,7-8,12H2,1-2H3,(H,22,24)(H,23,25)/b21-11-. The summed E-state index contributed by atoms with van der Waals surface area (Å²) in [4.78, 5) is 23.8. The molecule has 2 aromatic carbocycles. The Morgan fingerprint density at radius 2 is 1.81 bits per heavy atom. The van der Waals surface area contributed by atoms with Gasteiger partial charge in [-0.3, -0.25) is 9.59 Å². The maximum absolute atomic E-state index is 12.0. The quantitative estimate of drug-likeness (QED) is 0.607. The van der Waals surface area contributed by atoms with Crippen molar-refractivity contribution < 1.29 is 19.1 Å². The van der Waals surface area contributed by atoms with Crippen molar-refractivity contribution in [2.75, 3.05) is 12.1 Å². The van der Waals surface area contributed by atoms with Crippen LogP contribution in [-0.2, 0) is 9.59 Å². The van der Waals surface area contributed by atoms with E-state index in [4.69, 9.17) is 9.47 Å². The summed E-state index contributed by atoms with van der Waals surface area (Å²) in [7, 11) is 0. The number of hydrazone groups is 1. The maximum Gasteiger partial charge on any atom is 0.240 e. The van der Waals surface area contributed by atoms with E-state index in [1.165, 1.54) is 6.21 Å². The van der Waals surface area contributed by atoms with Crippen LogP contribution >= 0.6 is 0 Å². The summed E-state index contributed by atoms with van der Waals surface area (Å²) in [5.74, 6) is 0.791. The predicted octanol–water partition coefficient (Wildman–Crippen LogP) is 2.90. The molecule has 0 unspecified atom stereocenters. The lowest BCUT2D eigenvalue weighted by molar-refractivity contribution is -0.124. The third-order valence-corrected chi connectivity index (χ3v) is 4.03. The van der Waals surface area contributed by atoms with E-state index >= 15 is 0 Å². The number of carbonyl (C=O) groups is 2. The van der Waals surface area contributed by atoms with Crippen LogP contribution in [0.15, 0.2) is 41.5 Å². The molecule has 2 N–H and O–H groups in total. The minimum atomic E-state index is -0.331. The van der Waals surface area contributed by atoms with Crippen LogP contribution in [0, 0.1) is 13.8 Å². The van der Waals surface area contributed by atoms with Gasteiger partial charge in [0.05, 0.1) is 6.21 Å². The molecular weight excluding hydrogens is 346 g/mol. The Morgan fingerprint density at radius 1 is 1.04 bits per heavy atom. The van der Waals surface area contributed by atoms with Crippen LogP contribution in [-0.4, -0.2) is 24.8 Å². The monoisotopic (exact) mass is 367 g/mol. The van der Waals surface area contributed by atoms with Gasteiger partial charge in [-0.2, -0.15) is 5.10 Å². The number of nitrogens with one attached hydrogen (secondary N) is 2. The summed E-state index contributed by atoms with van der Waals surface area (Å²) < 4.78 is 10.5. The average molecular weight is 367 g/mol. The highest BCUT2D eigenvalue weighted by Crippen LogP contribution is 2.31. The minimum Gasteiger partial charge on any atom is -0.454 e. The minimum absolute atomic E-state index is 0.0508. The van der Waals surface area contributed by atoms with Crippen molar-refractivity contribution in [2.24, 2.45) is 5.10 Å². The van der Waals surface area contributed by atoms with E-state index in [0.717, 1.165) is 22.4 Å². The van der Waals surface area contributed by atoms with Gasteiger partial charge in [-0.05, 0) is 49.2 Å². The van der Waals surface area contributed by atoms with Gasteiger partial charge in [-0.15, -0.1) is 0 Å². The number of anilines is 1. The summed E-state index contributed by atoms with van der Waals surface area (Å²) in [6, 6.07) is 11.1. The number of fused-ring (bicyclic) bond motifs is 1. The van der Waals surface area contributed by atoms with Crippen LogP contribution in [0.2, 0.25) is 0 Å². The number of carbonyl (C=O) groups excluding carboxylic acids is 2. The molecule has 0 spiro atoms. The summed E-state index contributed by atoms with van der Waals surface area (Å²) >= 11 is 0. The third-order valence-electron chi connectivity index (χ3n) is 4.03. The fourth-order valence-corrected chi connectivity index (χ4v) is 2.62. The lowest BCUT2D eigenvalue weighted by Gasteiger charge is -2.08. The predicted molar refractivity (Wildman–Crippen MR) is 102 cm³/mol. The molecule has 0 radical (unpaired) electrons. The van der Waals surface area contributed by atoms with Crippen molar-refractivity contribution in [2.45, 2.75) is 26.7 Å². The fraction of sp³-hybridized carbons (Fsp3) is 0.250. The molecule has 7 nitrogen and oxygen atoms in total. The molecule has 0 atom stereocenters. The van der Waals surface area contributed by atoms with E-state index in [0.29, 0.717) is 11.5 Å². The van der Waals surface area contributed by atoms with Crippen LogP contribution in [0.25, 0.3) is 0 Å². The Hall–Kier alpha value is -3.35. The van der Waals surface area contributed by atoms with Gasteiger partial charge in [-0.1, -0.05) is 17.7 Å². The van der Waals surface area contributed by atoms with Crippen molar-refractivity contribution in [1.29, 1.82) is 0 Å². The first-order valence-electron chi connectivity index (χ1n) is 8.60. The van der Waals surface area contributed by atoms with Crippen molar-refractivity contribution in [3.8, 4) is 11.5 Å². The van der Waals surface area contributed by atoms with Crippen LogP contribution in [0.5, 0.6) is 11.5 Å². The van der Waals surface area contributed by atoms with E-state index in [9.17, 15) is 9.59 Å². The maximum atomic E-state index is 12.0. The van der Waals surface area contributed by atoms with Gasteiger partial charge in [0, 0.05) is 18.5 Å². The van der Waals surface area contributed by atoms with Gasteiger partial charge in [-0.25, -0.2) is 5.43 Å². The fourth-order valence-electron chi connectivity index (χ4n) is 2.62. The zero-order valence-corrected chi connectivity index (χ0v) is 15.2. The average Bonchev–Trinajstić information content (AvgIpc) is 3.10. The topological polar surface area (TPSA) is 89.0 Å². The molecule has 0 bridgehead atoms. The molecule has 0 saturated carbocycles. The molecule has 1 aliphatic heterocycles. The second-order valence-electron chi connectivity index (χ2n) is 6.27. The highest BCUT2D eigenvalue weighted by molar-refractivity contribution is 5.94. The molecule has 0 fully saturated rings. The summed E-state index contributed by atoms with van der Waals surface area (Å²) in [6.45, 7) is 4.13. The van der Waals surface area contributed by atoms with Crippen molar-refractivity contribution in [3.63, 3.8) is 0 Å². The SMILES string of the molecule is Cc1ccc(NC(=O)CCC(=O)N/N=C\c2ccc3c(c2)OCO3)c(C)c1. The van der Waals surface area contributed by atoms with Gasteiger partial charge in [0.25, 0.3) is 0 Å². The first-order chi connectivity index (χ1) is 13.0. The molecule has 3 rings (SSSR count). The highest BCUT2D eigenvalue weighted by atomic mass is 16.7. The Balaban J connectivity index is 1.43. The Labute approximate surface area is 157 Å². The molecule has 140 valence electrons. The van der Waals surface area contributed by atoms with Crippen molar-refractivity contribution >= 4 is 23.7 Å². The van der Waals surface area contributed by atoms with E-state index in [2.05, 4.69) is 15.8 Å². The second-order valence-corrected chi connectivity index (χ2v) is 6.27. The van der Waals surface area contributed by atoms with Crippen LogP contribution < -0.4 is 20.2 Å². The van der Waals surface area contributed by atoms with E-state index in [1.807, 2.05) is 32.0 Å². The zero-order chi connectivity index (χ0) is 19.2. The number of nitrogens with zero attached hydrogens (tertiary/aromatic N) is 1. The molecule has 0 aromatic heterocycles. The zero-order valence-electron chi connectivity index (χ0n) is 15.2. The smallest absolute Gasteiger partial charge is 0.240 e. The summed E-state index contributed by atoms with van der Waals surface area (Å²) in [6.07, 6.45) is 1.64. The van der Waals surface area contributed by atoms with Gasteiger partial charge < -0.3 is 14.8 Å². The Bertz CT molecular complexity index is 893. The lowest BCUT2D eigenvalue weighted by atomic mass is 10.1.